The topological polar surface area (TPSA) is 124 Å². The molecule has 2 fully saturated rings. The Labute approximate surface area is 273 Å². The lowest BCUT2D eigenvalue weighted by atomic mass is 9.80. The minimum Gasteiger partial charge on any atom is -0.469 e. The fourth-order valence-corrected chi connectivity index (χ4v) is 6.59. The van der Waals surface area contributed by atoms with Gasteiger partial charge in [-0.05, 0) is 42.2 Å². The van der Waals surface area contributed by atoms with Crippen LogP contribution < -0.4 is 0 Å². The molecule has 2 heterocycles. The molecule has 6 rings (SSSR count). The molecule has 1 aromatic heterocycles. The average molecular weight is 639 g/mol. The molecular weight excluding hydrogens is 600 g/mol. The summed E-state index contributed by atoms with van der Waals surface area (Å²) < 4.78 is 29.7. The number of hydrogen-bond acceptors (Lipinski definition) is 10. The Morgan fingerprint density at radius 1 is 0.872 bits per heavy atom. The van der Waals surface area contributed by atoms with Crippen LogP contribution in [0.2, 0.25) is 0 Å². The molecule has 244 valence electrons. The van der Waals surface area contributed by atoms with Gasteiger partial charge in [0.15, 0.2) is 11.6 Å². The number of methoxy groups -OCH3 is 2. The summed E-state index contributed by atoms with van der Waals surface area (Å²) in [5.41, 5.74) is 2.29. The van der Waals surface area contributed by atoms with Gasteiger partial charge in [0.2, 0.25) is 0 Å². The van der Waals surface area contributed by atoms with E-state index in [9.17, 15) is 9.59 Å². The van der Waals surface area contributed by atoms with Crippen molar-refractivity contribution in [3.05, 3.63) is 120 Å². The molecule has 1 aliphatic heterocycles. The normalized spacial score (nSPS) is 22.1. The van der Waals surface area contributed by atoms with E-state index in [2.05, 4.69) is 51.8 Å². The maximum absolute atomic E-state index is 12.1. The first-order chi connectivity index (χ1) is 22.7. The van der Waals surface area contributed by atoms with E-state index in [-0.39, 0.29) is 36.2 Å². The fraction of sp³-hybridized carbons (Fsp3) is 0.361. The summed E-state index contributed by atoms with van der Waals surface area (Å²) >= 11 is 0. The Bertz CT molecular complexity index is 1610. The van der Waals surface area contributed by atoms with Gasteiger partial charge in [-0.25, -0.2) is 4.79 Å². The van der Waals surface area contributed by atoms with Gasteiger partial charge in [0.05, 0.1) is 51.1 Å². The van der Waals surface area contributed by atoms with E-state index in [0.29, 0.717) is 18.9 Å². The van der Waals surface area contributed by atoms with Crippen molar-refractivity contribution in [2.75, 3.05) is 20.8 Å². The quantitative estimate of drug-likeness (QED) is 0.128. The number of benzene rings is 3. The van der Waals surface area contributed by atoms with Crippen LogP contribution in [0, 0.1) is 5.92 Å². The molecule has 1 aliphatic carbocycles. The Morgan fingerprint density at radius 2 is 1.43 bits per heavy atom. The molecule has 0 radical (unpaired) electrons. The first-order valence-corrected chi connectivity index (χ1v) is 15.6. The molecule has 0 amide bonds. The third-order valence-corrected chi connectivity index (χ3v) is 8.69. The highest BCUT2D eigenvalue weighted by molar-refractivity contribution is 5.91. The predicted molar refractivity (Wildman–Crippen MR) is 171 cm³/mol. The fourth-order valence-electron chi connectivity index (χ4n) is 6.59. The van der Waals surface area contributed by atoms with Crippen LogP contribution in [-0.4, -0.2) is 71.0 Å². The predicted octanol–water partition coefficient (Wildman–Crippen LogP) is 4.88. The Hall–Kier alpha value is -4.71. The number of esters is 2. The molecule has 4 aromatic rings. The molecule has 1 saturated carbocycles. The Balaban J connectivity index is 1.34. The van der Waals surface area contributed by atoms with E-state index in [1.807, 2.05) is 68.4 Å². The first kappa shape index (κ1) is 32.2. The molecule has 0 spiro atoms. The second kappa shape index (κ2) is 13.6. The van der Waals surface area contributed by atoms with Crippen molar-refractivity contribution in [3.63, 3.8) is 0 Å². The largest absolute Gasteiger partial charge is 0.469 e. The van der Waals surface area contributed by atoms with Crippen LogP contribution in [0.4, 0.5) is 0 Å². The summed E-state index contributed by atoms with van der Waals surface area (Å²) in [5.74, 6) is -2.03. The minimum absolute atomic E-state index is 0.0885. The van der Waals surface area contributed by atoms with E-state index >= 15 is 0 Å². The average Bonchev–Trinajstić information content (AvgIpc) is 3.79. The van der Waals surface area contributed by atoms with Crippen LogP contribution >= 0.6 is 0 Å². The number of hydrogen-bond donors (Lipinski definition) is 0. The molecule has 47 heavy (non-hydrogen) atoms. The highest BCUT2D eigenvalue weighted by atomic mass is 16.8. The minimum atomic E-state index is -0.894. The van der Waals surface area contributed by atoms with Crippen LogP contribution in [0.1, 0.15) is 55.1 Å². The van der Waals surface area contributed by atoms with E-state index in [1.54, 1.807) is 0 Å². The second-order valence-corrected chi connectivity index (χ2v) is 12.1. The summed E-state index contributed by atoms with van der Waals surface area (Å²) in [4.78, 5) is 25.3. The van der Waals surface area contributed by atoms with Gasteiger partial charge in [-0.15, -0.1) is 15.0 Å². The molecule has 1 saturated heterocycles. The zero-order chi connectivity index (χ0) is 33.0. The summed E-state index contributed by atoms with van der Waals surface area (Å²) in [7, 11) is 2.51. The van der Waals surface area contributed by atoms with Gasteiger partial charge in [0, 0.05) is 12.0 Å². The number of carbonyl (C=O) groups is 2. The maximum Gasteiger partial charge on any atom is 0.332 e. The smallest absolute Gasteiger partial charge is 0.332 e. The number of tetrazole rings is 1. The number of carbonyl (C=O) groups excluding carboxylic acids is 2. The number of rotatable bonds is 11. The van der Waals surface area contributed by atoms with E-state index in [1.165, 1.54) is 14.2 Å². The van der Waals surface area contributed by atoms with Crippen molar-refractivity contribution in [1.82, 2.24) is 20.2 Å². The summed E-state index contributed by atoms with van der Waals surface area (Å²) in [6, 6.07) is 30.7. The lowest BCUT2D eigenvalue weighted by molar-refractivity contribution is -0.162. The monoisotopic (exact) mass is 638 g/mol. The molecule has 4 atom stereocenters. The van der Waals surface area contributed by atoms with Crippen LogP contribution in [0.15, 0.2) is 97.1 Å². The zero-order valence-corrected chi connectivity index (χ0v) is 26.8. The Kier molecular flexibility index (Phi) is 9.31. The van der Waals surface area contributed by atoms with Gasteiger partial charge < -0.3 is 23.7 Å². The Morgan fingerprint density at radius 3 is 1.96 bits per heavy atom. The molecule has 0 bridgehead atoms. The molecule has 2 aliphatic rings. The van der Waals surface area contributed by atoms with Gasteiger partial charge in [-0.3, -0.25) is 4.79 Å². The van der Waals surface area contributed by atoms with Gasteiger partial charge >= 0.3 is 11.9 Å². The van der Waals surface area contributed by atoms with Crippen molar-refractivity contribution in [1.29, 1.82) is 0 Å². The molecular formula is C36H38N4O7. The zero-order valence-electron chi connectivity index (χ0n) is 26.8. The number of fused-ring (bicyclic) bond motifs is 1. The van der Waals surface area contributed by atoms with Gasteiger partial charge in [-0.1, -0.05) is 91.0 Å². The van der Waals surface area contributed by atoms with Crippen molar-refractivity contribution in [2.45, 2.75) is 56.2 Å². The highest BCUT2D eigenvalue weighted by Crippen LogP contribution is 2.50. The standard InChI is InChI=1S/C36H38N4O7/c1-35(2)46-32-24(20-29(33(32)47-35)34-37-39-40(38-34)28(21-30(41)43-3)22-31(42)44-4)23-45-36(25-14-8-5-9-15-25,26-16-10-6-11-17-26)27-18-12-7-13-19-27/h5-19,21,24,29,32-33H,20,22-23H2,1-4H3/b28-21-/t24-,29-,32-,33+/m1/s1. The van der Waals surface area contributed by atoms with Crippen molar-refractivity contribution >= 4 is 17.6 Å². The van der Waals surface area contributed by atoms with E-state index in [0.717, 1.165) is 27.6 Å². The first-order valence-electron chi connectivity index (χ1n) is 15.6. The van der Waals surface area contributed by atoms with E-state index in [4.69, 9.17) is 23.7 Å². The van der Waals surface area contributed by atoms with Crippen molar-refractivity contribution in [2.24, 2.45) is 5.92 Å². The highest BCUT2D eigenvalue weighted by Gasteiger charge is 2.56. The van der Waals surface area contributed by atoms with Gasteiger partial charge in [-0.2, -0.15) is 0 Å². The number of ether oxygens (including phenoxy) is 5. The summed E-state index contributed by atoms with van der Waals surface area (Å²) in [5, 5.41) is 13.1. The number of nitrogens with zero attached hydrogens (tertiary/aromatic N) is 4. The van der Waals surface area contributed by atoms with Crippen molar-refractivity contribution < 1.29 is 33.3 Å². The SMILES string of the molecule is COC(=O)/C=C(/CC(=O)OC)n1nnc([C@@H]2C[C@H](COC(c3ccccc3)(c3ccccc3)c3ccccc3)[C@H]3OC(C)(C)O[C@H]32)n1. The lowest BCUT2D eigenvalue weighted by Crippen LogP contribution is -2.37. The van der Waals surface area contributed by atoms with Crippen LogP contribution in [-0.2, 0) is 38.9 Å². The van der Waals surface area contributed by atoms with Crippen LogP contribution in [0.3, 0.4) is 0 Å². The van der Waals surface area contributed by atoms with E-state index < -0.39 is 23.3 Å². The summed E-state index contributed by atoms with van der Waals surface area (Å²) in [6.07, 6.45) is 0.817. The molecule has 3 aromatic carbocycles. The van der Waals surface area contributed by atoms with Crippen molar-refractivity contribution in [3.8, 4) is 0 Å². The lowest BCUT2D eigenvalue weighted by Gasteiger charge is -2.37. The molecule has 0 unspecified atom stereocenters. The van der Waals surface area contributed by atoms with Gasteiger partial charge in [0.25, 0.3) is 0 Å². The van der Waals surface area contributed by atoms with Gasteiger partial charge in [0.1, 0.15) is 5.60 Å². The number of aromatic nitrogens is 4. The second-order valence-electron chi connectivity index (χ2n) is 12.1. The third kappa shape index (κ3) is 6.60. The molecule has 11 nitrogen and oxygen atoms in total. The molecule has 11 heteroatoms. The third-order valence-electron chi connectivity index (χ3n) is 8.69. The molecule has 0 N–H and O–H groups in total. The van der Waals surface area contributed by atoms with Crippen LogP contribution in [0.5, 0.6) is 0 Å². The van der Waals surface area contributed by atoms with Crippen LogP contribution in [0.25, 0.3) is 5.70 Å². The maximum atomic E-state index is 12.1. The summed E-state index contributed by atoms with van der Waals surface area (Å²) in [6.45, 7) is 4.13.